The van der Waals surface area contributed by atoms with Crippen LogP contribution in [-0.4, -0.2) is 41.1 Å². The number of carboxylic acids is 1. The topological polar surface area (TPSA) is 69.6 Å². The van der Waals surface area contributed by atoms with Gasteiger partial charge in [0.1, 0.15) is 0 Å². The molecule has 1 aliphatic rings. The monoisotopic (exact) mass is 284 g/mol. The first-order valence-electron chi connectivity index (χ1n) is 7.53. The summed E-state index contributed by atoms with van der Waals surface area (Å²) >= 11 is 0. The maximum Gasteiger partial charge on any atom is 0.317 e. The molecule has 1 aliphatic heterocycles. The third-order valence-electron chi connectivity index (χ3n) is 4.22. The summed E-state index contributed by atoms with van der Waals surface area (Å²) < 4.78 is 0. The zero-order valence-electron chi connectivity index (χ0n) is 13.1. The molecule has 0 radical (unpaired) electrons. The van der Waals surface area contributed by atoms with Crippen LogP contribution in [0.4, 0.5) is 4.79 Å². The van der Waals surface area contributed by atoms with Crippen LogP contribution in [0.15, 0.2) is 0 Å². The number of piperidine rings is 1. The Bertz CT molecular complexity index is 347. The van der Waals surface area contributed by atoms with Crippen LogP contribution >= 0.6 is 0 Å². The fourth-order valence-electron chi connectivity index (χ4n) is 2.37. The van der Waals surface area contributed by atoms with Crippen LogP contribution in [0.5, 0.6) is 0 Å². The average molecular weight is 284 g/mol. The van der Waals surface area contributed by atoms with Crippen LogP contribution in [0.2, 0.25) is 0 Å². The number of hydrogen-bond acceptors (Lipinski definition) is 2. The molecule has 1 saturated heterocycles. The minimum atomic E-state index is -0.761. The third kappa shape index (κ3) is 4.69. The lowest BCUT2D eigenvalue weighted by molar-refractivity contribution is -0.150. The average Bonchev–Trinajstić information content (AvgIpc) is 2.37. The van der Waals surface area contributed by atoms with Gasteiger partial charge in [0.05, 0.1) is 5.41 Å². The Labute approximate surface area is 121 Å². The van der Waals surface area contributed by atoms with Gasteiger partial charge in [-0.1, -0.05) is 13.8 Å². The summed E-state index contributed by atoms with van der Waals surface area (Å²) in [6.07, 6.45) is 3.12. The van der Waals surface area contributed by atoms with Gasteiger partial charge in [-0.2, -0.15) is 0 Å². The molecule has 2 N–H and O–H groups in total. The van der Waals surface area contributed by atoms with E-state index in [1.54, 1.807) is 11.8 Å². The standard InChI is InChI=1S/C15H28N2O3/c1-11(2)5-6-12(3)16-14(20)17-9-7-15(4,8-10-17)13(18)19/h11-12H,5-10H2,1-4H3,(H,16,20)(H,18,19). The predicted octanol–water partition coefficient (Wildman–Crippen LogP) is 2.71. The molecule has 1 heterocycles. The van der Waals surface area contributed by atoms with Gasteiger partial charge < -0.3 is 15.3 Å². The number of hydrogen-bond donors (Lipinski definition) is 2. The van der Waals surface area contributed by atoms with E-state index in [2.05, 4.69) is 19.2 Å². The van der Waals surface area contributed by atoms with Gasteiger partial charge in [0, 0.05) is 19.1 Å². The van der Waals surface area contributed by atoms with Crippen molar-refractivity contribution in [2.24, 2.45) is 11.3 Å². The molecule has 0 bridgehead atoms. The van der Waals surface area contributed by atoms with Crippen molar-refractivity contribution in [3.8, 4) is 0 Å². The van der Waals surface area contributed by atoms with E-state index in [4.69, 9.17) is 0 Å². The van der Waals surface area contributed by atoms with Crippen LogP contribution in [0.25, 0.3) is 0 Å². The first kappa shape index (κ1) is 16.8. The second kappa shape index (κ2) is 6.95. The molecule has 0 spiro atoms. The number of amides is 2. The first-order chi connectivity index (χ1) is 9.24. The maximum absolute atomic E-state index is 12.1. The summed E-state index contributed by atoms with van der Waals surface area (Å²) in [5.74, 6) is -0.122. The number of urea groups is 1. The van der Waals surface area contributed by atoms with Gasteiger partial charge in [-0.15, -0.1) is 0 Å². The molecule has 0 saturated carbocycles. The molecule has 2 amide bonds. The zero-order chi connectivity index (χ0) is 15.3. The molecule has 1 rings (SSSR count). The number of carbonyl (C=O) groups is 2. The Morgan fingerprint density at radius 1 is 1.20 bits per heavy atom. The van der Waals surface area contributed by atoms with Gasteiger partial charge in [-0.25, -0.2) is 4.79 Å². The molecule has 5 heteroatoms. The van der Waals surface area contributed by atoms with Crippen molar-refractivity contribution in [2.75, 3.05) is 13.1 Å². The van der Waals surface area contributed by atoms with E-state index >= 15 is 0 Å². The van der Waals surface area contributed by atoms with E-state index < -0.39 is 11.4 Å². The fourth-order valence-corrected chi connectivity index (χ4v) is 2.37. The highest BCUT2D eigenvalue weighted by molar-refractivity contribution is 5.77. The predicted molar refractivity (Wildman–Crippen MR) is 78.6 cm³/mol. The minimum Gasteiger partial charge on any atom is -0.481 e. The SMILES string of the molecule is CC(C)CCC(C)NC(=O)N1CCC(C)(C(=O)O)CC1. The molecule has 1 unspecified atom stereocenters. The number of carboxylic acid groups (broad SMARTS) is 1. The van der Waals surface area contributed by atoms with E-state index in [0.717, 1.165) is 12.8 Å². The second-order valence-electron chi connectivity index (χ2n) is 6.67. The molecule has 0 aromatic heterocycles. The summed E-state index contributed by atoms with van der Waals surface area (Å²) in [4.78, 5) is 25.0. The van der Waals surface area contributed by atoms with Crippen molar-refractivity contribution in [1.29, 1.82) is 0 Å². The van der Waals surface area contributed by atoms with Gasteiger partial charge in [-0.3, -0.25) is 4.79 Å². The Morgan fingerprint density at radius 2 is 1.75 bits per heavy atom. The van der Waals surface area contributed by atoms with Crippen LogP contribution in [-0.2, 0) is 4.79 Å². The van der Waals surface area contributed by atoms with Crippen molar-refractivity contribution >= 4 is 12.0 Å². The van der Waals surface area contributed by atoms with E-state index in [1.807, 2.05) is 6.92 Å². The fraction of sp³-hybridized carbons (Fsp3) is 0.867. The van der Waals surface area contributed by atoms with Crippen molar-refractivity contribution in [3.05, 3.63) is 0 Å². The Hall–Kier alpha value is -1.26. The molecule has 116 valence electrons. The first-order valence-corrected chi connectivity index (χ1v) is 7.53. The Morgan fingerprint density at radius 3 is 2.20 bits per heavy atom. The zero-order valence-corrected chi connectivity index (χ0v) is 13.1. The molecule has 0 aliphatic carbocycles. The Kier molecular flexibility index (Phi) is 5.84. The molecular weight excluding hydrogens is 256 g/mol. The van der Waals surface area contributed by atoms with E-state index in [-0.39, 0.29) is 12.1 Å². The molecule has 0 aromatic carbocycles. The molecule has 1 atom stereocenters. The highest BCUT2D eigenvalue weighted by atomic mass is 16.4. The quantitative estimate of drug-likeness (QED) is 0.815. The van der Waals surface area contributed by atoms with E-state index in [1.165, 1.54) is 0 Å². The summed E-state index contributed by atoms with van der Waals surface area (Å²) in [5, 5.41) is 12.2. The van der Waals surface area contributed by atoms with Crippen LogP contribution in [0.1, 0.15) is 53.4 Å². The number of nitrogens with one attached hydrogen (secondary N) is 1. The summed E-state index contributed by atoms with van der Waals surface area (Å²) in [5.41, 5.74) is -0.681. The van der Waals surface area contributed by atoms with Crippen LogP contribution in [0.3, 0.4) is 0 Å². The molecule has 1 fully saturated rings. The highest BCUT2D eigenvalue weighted by Crippen LogP contribution is 2.30. The summed E-state index contributed by atoms with van der Waals surface area (Å²) in [6, 6.07) is 0.103. The van der Waals surface area contributed by atoms with Crippen LogP contribution < -0.4 is 5.32 Å². The normalized spacial score (nSPS) is 19.8. The number of rotatable bonds is 5. The van der Waals surface area contributed by atoms with Crippen molar-refractivity contribution in [2.45, 2.75) is 59.4 Å². The van der Waals surface area contributed by atoms with Gasteiger partial charge >= 0.3 is 12.0 Å². The van der Waals surface area contributed by atoms with Gasteiger partial charge in [0.2, 0.25) is 0 Å². The van der Waals surface area contributed by atoms with Crippen LogP contribution in [0, 0.1) is 11.3 Å². The third-order valence-corrected chi connectivity index (χ3v) is 4.22. The largest absolute Gasteiger partial charge is 0.481 e. The lowest BCUT2D eigenvalue weighted by atomic mass is 9.80. The maximum atomic E-state index is 12.1. The van der Waals surface area contributed by atoms with E-state index in [9.17, 15) is 14.7 Å². The Balaban J connectivity index is 2.37. The molecule has 0 aromatic rings. The lowest BCUT2D eigenvalue weighted by Gasteiger charge is -2.36. The summed E-state index contributed by atoms with van der Waals surface area (Å²) in [7, 11) is 0. The smallest absolute Gasteiger partial charge is 0.317 e. The number of nitrogens with zero attached hydrogens (tertiary/aromatic N) is 1. The second-order valence-corrected chi connectivity index (χ2v) is 6.67. The van der Waals surface area contributed by atoms with Gasteiger partial charge in [0.25, 0.3) is 0 Å². The van der Waals surface area contributed by atoms with Crippen molar-refractivity contribution < 1.29 is 14.7 Å². The number of carbonyl (C=O) groups excluding carboxylic acids is 1. The summed E-state index contributed by atoms with van der Waals surface area (Å²) in [6.45, 7) is 9.16. The number of likely N-dealkylation sites (tertiary alicyclic amines) is 1. The lowest BCUT2D eigenvalue weighted by Crippen LogP contribution is -2.50. The van der Waals surface area contributed by atoms with Crippen molar-refractivity contribution in [1.82, 2.24) is 10.2 Å². The minimum absolute atomic E-state index is 0.0614. The number of aliphatic carboxylic acids is 1. The molecule has 5 nitrogen and oxygen atoms in total. The molecular formula is C15H28N2O3. The van der Waals surface area contributed by atoms with Gasteiger partial charge in [0.15, 0.2) is 0 Å². The molecule has 20 heavy (non-hydrogen) atoms. The van der Waals surface area contributed by atoms with Crippen molar-refractivity contribution in [3.63, 3.8) is 0 Å². The van der Waals surface area contributed by atoms with E-state index in [0.29, 0.717) is 31.8 Å². The van der Waals surface area contributed by atoms with Gasteiger partial charge in [-0.05, 0) is 45.4 Å². The highest BCUT2D eigenvalue weighted by Gasteiger charge is 2.38.